The van der Waals surface area contributed by atoms with Crippen LogP contribution in [0, 0.1) is 5.41 Å². The minimum Gasteiger partial charge on any atom is -0.469 e. The van der Waals surface area contributed by atoms with Crippen LogP contribution in [0.3, 0.4) is 0 Å². The molecule has 3 rings (SSSR count). The van der Waals surface area contributed by atoms with E-state index < -0.39 is 0 Å². The average Bonchev–Trinajstić information content (AvgIpc) is 2.72. The van der Waals surface area contributed by atoms with E-state index in [1.165, 1.54) is 50.3 Å². The standard InChI is InChI=1S/C16H20O2/c1-18-15(17)14-13-8-4-3-7-12(13)11-16(14)9-5-2-6-10-16/h3-4,7-8,14H,2,5-6,9-11H2,1H3. The highest BCUT2D eigenvalue weighted by molar-refractivity contribution is 5.81. The van der Waals surface area contributed by atoms with Crippen molar-refractivity contribution in [2.75, 3.05) is 7.11 Å². The zero-order valence-corrected chi connectivity index (χ0v) is 10.9. The summed E-state index contributed by atoms with van der Waals surface area (Å²) in [4.78, 5) is 12.2. The van der Waals surface area contributed by atoms with Gasteiger partial charge in [-0.3, -0.25) is 4.79 Å². The summed E-state index contributed by atoms with van der Waals surface area (Å²) in [5.74, 6) is -0.0687. The van der Waals surface area contributed by atoms with Gasteiger partial charge in [-0.05, 0) is 35.8 Å². The smallest absolute Gasteiger partial charge is 0.313 e. The van der Waals surface area contributed by atoms with Crippen molar-refractivity contribution < 1.29 is 9.53 Å². The van der Waals surface area contributed by atoms with Crippen molar-refractivity contribution in [3.05, 3.63) is 35.4 Å². The van der Waals surface area contributed by atoms with E-state index in [9.17, 15) is 4.79 Å². The molecule has 1 aromatic carbocycles. The average molecular weight is 244 g/mol. The van der Waals surface area contributed by atoms with E-state index in [0.717, 1.165) is 6.42 Å². The highest BCUT2D eigenvalue weighted by Gasteiger charge is 2.50. The SMILES string of the molecule is COC(=O)C1c2ccccc2CC12CCCCC2. The predicted molar refractivity (Wildman–Crippen MR) is 70.4 cm³/mol. The van der Waals surface area contributed by atoms with Crippen LogP contribution in [0.1, 0.15) is 49.1 Å². The third-order valence-electron chi connectivity index (χ3n) is 4.81. The first-order valence-electron chi connectivity index (χ1n) is 6.92. The second kappa shape index (κ2) is 4.42. The summed E-state index contributed by atoms with van der Waals surface area (Å²) in [7, 11) is 1.51. The third kappa shape index (κ3) is 1.66. The van der Waals surface area contributed by atoms with Crippen LogP contribution in [0.4, 0.5) is 0 Å². The quantitative estimate of drug-likeness (QED) is 0.707. The van der Waals surface area contributed by atoms with Gasteiger partial charge in [0.15, 0.2) is 0 Å². The lowest BCUT2D eigenvalue weighted by atomic mass is 9.66. The number of carbonyl (C=O) groups is 1. The Morgan fingerprint density at radius 2 is 1.94 bits per heavy atom. The molecule has 96 valence electrons. The Balaban J connectivity index is 2.04. The fourth-order valence-corrected chi connectivity index (χ4v) is 4.00. The largest absolute Gasteiger partial charge is 0.469 e. The molecule has 0 saturated heterocycles. The van der Waals surface area contributed by atoms with Crippen LogP contribution in [0.25, 0.3) is 0 Å². The second-order valence-corrected chi connectivity index (χ2v) is 5.75. The van der Waals surface area contributed by atoms with Crippen molar-refractivity contribution >= 4 is 5.97 Å². The Kier molecular flexibility index (Phi) is 2.89. The van der Waals surface area contributed by atoms with Gasteiger partial charge in [0.25, 0.3) is 0 Å². The first-order valence-corrected chi connectivity index (χ1v) is 6.92. The third-order valence-corrected chi connectivity index (χ3v) is 4.81. The molecule has 2 heteroatoms. The van der Waals surface area contributed by atoms with Crippen LogP contribution in [0.2, 0.25) is 0 Å². The highest BCUT2D eigenvalue weighted by atomic mass is 16.5. The molecule has 0 amide bonds. The first-order chi connectivity index (χ1) is 8.77. The molecule has 1 spiro atoms. The van der Waals surface area contributed by atoms with Crippen molar-refractivity contribution in [2.24, 2.45) is 5.41 Å². The van der Waals surface area contributed by atoms with Gasteiger partial charge < -0.3 is 4.74 Å². The number of rotatable bonds is 1. The summed E-state index contributed by atoms with van der Waals surface area (Å²) in [6, 6.07) is 8.40. The van der Waals surface area contributed by atoms with Gasteiger partial charge >= 0.3 is 5.97 Å². The van der Waals surface area contributed by atoms with Crippen LogP contribution in [0.15, 0.2) is 24.3 Å². The summed E-state index contributed by atoms with van der Waals surface area (Å²) in [5, 5.41) is 0. The molecular weight excluding hydrogens is 224 g/mol. The number of hydrogen-bond acceptors (Lipinski definition) is 2. The Bertz CT molecular complexity index is 458. The van der Waals surface area contributed by atoms with Crippen LogP contribution in [0.5, 0.6) is 0 Å². The van der Waals surface area contributed by atoms with Crippen molar-refractivity contribution in [1.29, 1.82) is 0 Å². The maximum Gasteiger partial charge on any atom is 0.313 e. The Morgan fingerprint density at radius 3 is 2.67 bits per heavy atom. The van der Waals surface area contributed by atoms with Crippen LogP contribution in [-0.2, 0) is 16.0 Å². The molecule has 1 saturated carbocycles. The van der Waals surface area contributed by atoms with Gasteiger partial charge in [-0.25, -0.2) is 0 Å². The van der Waals surface area contributed by atoms with Gasteiger partial charge in [0.05, 0.1) is 13.0 Å². The highest BCUT2D eigenvalue weighted by Crippen LogP contribution is 2.55. The van der Waals surface area contributed by atoms with Gasteiger partial charge in [-0.15, -0.1) is 0 Å². The summed E-state index contributed by atoms with van der Waals surface area (Å²) in [5.41, 5.74) is 2.72. The maximum atomic E-state index is 12.2. The molecule has 0 heterocycles. The summed E-state index contributed by atoms with van der Waals surface area (Å²) < 4.78 is 5.08. The first kappa shape index (κ1) is 11.8. The van der Waals surface area contributed by atoms with Gasteiger partial charge in [-0.1, -0.05) is 43.5 Å². The molecule has 1 atom stereocenters. The van der Waals surface area contributed by atoms with Crippen molar-refractivity contribution in [3.63, 3.8) is 0 Å². The minimum atomic E-state index is -0.0400. The number of hydrogen-bond donors (Lipinski definition) is 0. The molecule has 18 heavy (non-hydrogen) atoms. The zero-order chi connectivity index (χ0) is 12.6. The van der Waals surface area contributed by atoms with E-state index in [1.807, 2.05) is 6.07 Å². The van der Waals surface area contributed by atoms with Crippen LogP contribution < -0.4 is 0 Å². The molecule has 0 N–H and O–H groups in total. The van der Waals surface area contributed by atoms with E-state index in [2.05, 4.69) is 18.2 Å². The summed E-state index contributed by atoms with van der Waals surface area (Å²) in [6.45, 7) is 0. The lowest BCUT2D eigenvalue weighted by Crippen LogP contribution is -2.34. The van der Waals surface area contributed by atoms with Crippen LogP contribution in [-0.4, -0.2) is 13.1 Å². The van der Waals surface area contributed by atoms with E-state index >= 15 is 0 Å². The molecule has 0 bridgehead atoms. The number of carbonyl (C=O) groups excluding carboxylic acids is 1. The van der Waals surface area contributed by atoms with E-state index in [1.54, 1.807) is 0 Å². The lowest BCUT2D eigenvalue weighted by molar-refractivity contribution is -0.146. The van der Waals surface area contributed by atoms with E-state index in [0.29, 0.717) is 0 Å². The van der Waals surface area contributed by atoms with Crippen molar-refractivity contribution in [2.45, 2.75) is 44.4 Å². The van der Waals surface area contributed by atoms with Gasteiger partial charge in [0.1, 0.15) is 0 Å². The molecule has 1 aromatic rings. The number of ether oxygens (including phenoxy) is 1. The lowest BCUT2D eigenvalue weighted by Gasteiger charge is -2.37. The minimum absolute atomic E-state index is 0.0287. The topological polar surface area (TPSA) is 26.3 Å². The molecule has 1 unspecified atom stereocenters. The Morgan fingerprint density at radius 1 is 1.22 bits per heavy atom. The summed E-state index contributed by atoms with van der Waals surface area (Å²) >= 11 is 0. The molecule has 2 nitrogen and oxygen atoms in total. The van der Waals surface area contributed by atoms with Crippen molar-refractivity contribution in [1.82, 2.24) is 0 Å². The molecule has 2 aliphatic rings. The fourth-order valence-electron chi connectivity index (χ4n) is 4.00. The molecule has 0 radical (unpaired) electrons. The Labute approximate surface area is 108 Å². The molecule has 0 aliphatic heterocycles. The molecule has 1 fully saturated rings. The van der Waals surface area contributed by atoms with Gasteiger partial charge in [0, 0.05) is 0 Å². The second-order valence-electron chi connectivity index (χ2n) is 5.75. The number of methoxy groups -OCH3 is 1. The van der Waals surface area contributed by atoms with Crippen molar-refractivity contribution in [3.8, 4) is 0 Å². The van der Waals surface area contributed by atoms with E-state index in [-0.39, 0.29) is 17.3 Å². The number of fused-ring (bicyclic) bond motifs is 1. The molecule has 2 aliphatic carbocycles. The number of esters is 1. The van der Waals surface area contributed by atoms with Gasteiger partial charge in [0.2, 0.25) is 0 Å². The normalized spacial score (nSPS) is 24.8. The molecule has 0 aromatic heterocycles. The monoisotopic (exact) mass is 244 g/mol. The maximum absolute atomic E-state index is 12.2. The fraction of sp³-hybridized carbons (Fsp3) is 0.562. The van der Waals surface area contributed by atoms with Crippen LogP contribution >= 0.6 is 0 Å². The zero-order valence-electron chi connectivity index (χ0n) is 10.9. The molecular formula is C16H20O2. The number of benzene rings is 1. The van der Waals surface area contributed by atoms with E-state index in [4.69, 9.17) is 4.74 Å². The Hall–Kier alpha value is -1.31. The summed E-state index contributed by atoms with van der Waals surface area (Å²) in [6.07, 6.45) is 7.21. The predicted octanol–water partition coefficient (Wildman–Crippen LogP) is 3.45. The van der Waals surface area contributed by atoms with Gasteiger partial charge in [-0.2, -0.15) is 0 Å².